The molecule has 1 heterocycles. The number of rotatable bonds is 8. The molecule has 150 valence electrons. The summed E-state index contributed by atoms with van der Waals surface area (Å²) in [5, 5.41) is 4.24. The number of anilines is 1. The molecule has 0 bridgehead atoms. The smallest absolute Gasteiger partial charge is 0.338 e. The number of carbonyl (C=O) groups is 2. The molecule has 0 radical (unpaired) electrons. The third-order valence-corrected chi connectivity index (χ3v) is 5.36. The van der Waals surface area contributed by atoms with E-state index < -0.39 is 0 Å². The van der Waals surface area contributed by atoms with Crippen molar-refractivity contribution in [1.82, 2.24) is 9.55 Å². The summed E-state index contributed by atoms with van der Waals surface area (Å²) in [6.07, 6.45) is 3.56. The lowest BCUT2D eigenvalue weighted by Crippen LogP contribution is -2.15. The van der Waals surface area contributed by atoms with Gasteiger partial charge in [0, 0.05) is 23.1 Å². The Morgan fingerprint density at radius 2 is 1.93 bits per heavy atom. The third-order valence-electron chi connectivity index (χ3n) is 3.99. The molecule has 0 aliphatic carbocycles. The lowest BCUT2D eigenvalue weighted by atomic mass is 10.2. The summed E-state index contributed by atoms with van der Waals surface area (Å²) in [4.78, 5) is 28.3. The number of hydrogen-bond acceptors (Lipinski definition) is 5. The second-order valence-corrected chi connectivity index (χ2v) is 7.41. The maximum atomic E-state index is 12.3. The molecule has 0 saturated carbocycles. The van der Waals surface area contributed by atoms with Crippen LogP contribution in [0, 0.1) is 0 Å². The molecule has 29 heavy (non-hydrogen) atoms. The molecule has 1 N–H and O–H groups in total. The third kappa shape index (κ3) is 5.85. The van der Waals surface area contributed by atoms with E-state index in [1.165, 1.54) is 11.8 Å². The minimum absolute atomic E-state index is 0.161. The van der Waals surface area contributed by atoms with Crippen molar-refractivity contribution < 1.29 is 14.3 Å². The second-order valence-electron chi connectivity index (χ2n) is 6.06. The summed E-state index contributed by atoms with van der Waals surface area (Å²) in [6.45, 7) is 2.66. The van der Waals surface area contributed by atoms with Crippen molar-refractivity contribution in [3.63, 3.8) is 0 Å². The highest BCUT2D eigenvalue weighted by atomic mass is 35.5. The molecule has 0 spiro atoms. The van der Waals surface area contributed by atoms with E-state index in [4.69, 9.17) is 16.3 Å². The van der Waals surface area contributed by atoms with Crippen LogP contribution in [-0.4, -0.2) is 33.8 Å². The van der Waals surface area contributed by atoms with Crippen molar-refractivity contribution >= 4 is 40.9 Å². The summed E-state index contributed by atoms with van der Waals surface area (Å²) >= 11 is 7.57. The van der Waals surface area contributed by atoms with E-state index in [-0.39, 0.29) is 17.6 Å². The average Bonchev–Trinajstić information content (AvgIpc) is 3.16. The number of hydrogen-bond donors (Lipinski definition) is 1. The van der Waals surface area contributed by atoms with Gasteiger partial charge < -0.3 is 14.6 Å². The first kappa shape index (κ1) is 21.0. The van der Waals surface area contributed by atoms with Crippen molar-refractivity contribution in [2.75, 3.05) is 17.7 Å². The Balaban J connectivity index is 1.54. The largest absolute Gasteiger partial charge is 0.462 e. The lowest BCUT2D eigenvalue weighted by molar-refractivity contribution is -0.113. The quantitative estimate of drug-likeness (QED) is 0.421. The minimum atomic E-state index is -0.383. The molecular formula is C21H20ClN3O3S. The molecule has 0 aliphatic heterocycles. The van der Waals surface area contributed by atoms with Crippen LogP contribution < -0.4 is 5.32 Å². The molecule has 1 amide bonds. The molecule has 0 aliphatic rings. The zero-order chi connectivity index (χ0) is 20.6. The van der Waals surface area contributed by atoms with Crippen LogP contribution in [-0.2, 0) is 16.1 Å². The normalized spacial score (nSPS) is 10.6. The summed E-state index contributed by atoms with van der Waals surface area (Å²) in [5.74, 6) is -0.337. The van der Waals surface area contributed by atoms with Gasteiger partial charge in [-0.15, -0.1) is 0 Å². The van der Waals surface area contributed by atoms with Crippen LogP contribution in [0.5, 0.6) is 0 Å². The van der Waals surface area contributed by atoms with Gasteiger partial charge >= 0.3 is 5.97 Å². The highest BCUT2D eigenvalue weighted by Gasteiger charge is 2.11. The predicted molar refractivity (Wildman–Crippen MR) is 115 cm³/mol. The molecule has 3 rings (SSSR count). The first-order valence-electron chi connectivity index (χ1n) is 9.01. The maximum Gasteiger partial charge on any atom is 0.338 e. The van der Waals surface area contributed by atoms with Gasteiger partial charge in [-0.25, -0.2) is 9.78 Å². The van der Waals surface area contributed by atoms with Crippen LogP contribution in [0.4, 0.5) is 5.69 Å². The number of halogens is 1. The van der Waals surface area contributed by atoms with E-state index in [1.54, 1.807) is 37.4 Å². The van der Waals surface area contributed by atoms with Crippen LogP contribution >= 0.6 is 23.4 Å². The standard InChI is InChI=1S/C21H20ClN3O3S/c1-2-28-20(27)15-7-9-17(10-8-15)24-19(26)14-29-21-23-11-12-25(21)13-16-5-3-4-6-18(16)22/h3-12H,2,13-14H2,1H3,(H,24,26). The molecule has 0 atom stereocenters. The van der Waals surface area contributed by atoms with Gasteiger partial charge in [0.2, 0.25) is 5.91 Å². The fraction of sp³-hybridized carbons (Fsp3) is 0.190. The SMILES string of the molecule is CCOC(=O)c1ccc(NC(=O)CSc2nccn2Cc2ccccc2Cl)cc1. The monoisotopic (exact) mass is 429 g/mol. The molecular weight excluding hydrogens is 410 g/mol. The number of amides is 1. The van der Waals surface area contributed by atoms with Gasteiger partial charge in [0.25, 0.3) is 0 Å². The molecule has 0 saturated heterocycles. The molecule has 0 unspecified atom stereocenters. The van der Waals surface area contributed by atoms with Crippen molar-refractivity contribution in [3.8, 4) is 0 Å². The molecule has 6 nitrogen and oxygen atoms in total. The van der Waals surface area contributed by atoms with Gasteiger partial charge in [-0.05, 0) is 42.8 Å². The zero-order valence-electron chi connectivity index (χ0n) is 15.8. The summed E-state index contributed by atoms with van der Waals surface area (Å²) in [6, 6.07) is 14.2. The van der Waals surface area contributed by atoms with Gasteiger partial charge in [-0.1, -0.05) is 41.6 Å². The Morgan fingerprint density at radius 3 is 2.66 bits per heavy atom. The van der Waals surface area contributed by atoms with Crippen LogP contribution in [0.3, 0.4) is 0 Å². The number of ether oxygens (including phenoxy) is 1. The average molecular weight is 430 g/mol. The minimum Gasteiger partial charge on any atom is -0.462 e. The molecule has 0 fully saturated rings. The van der Waals surface area contributed by atoms with E-state index in [0.29, 0.717) is 29.4 Å². The predicted octanol–water partition coefficient (Wildman–Crippen LogP) is 4.49. The van der Waals surface area contributed by atoms with E-state index in [0.717, 1.165) is 10.7 Å². The lowest BCUT2D eigenvalue weighted by Gasteiger charge is -2.09. The van der Waals surface area contributed by atoms with Crippen LogP contribution in [0.15, 0.2) is 66.1 Å². The van der Waals surface area contributed by atoms with Crippen LogP contribution in [0.25, 0.3) is 0 Å². The highest BCUT2D eigenvalue weighted by molar-refractivity contribution is 7.99. The number of esters is 1. The van der Waals surface area contributed by atoms with Crippen LogP contribution in [0.2, 0.25) is 5.02 Å². The van der Waals surface area contributed by atoms with Crippen molar-refractivity contribution in [2.24, 2.45) is 0 Å². The van der Waals surface area contributed by atoms with Gasteiger partial charge in [-0.2, -0.15) is 0 Å². The fourth-order valence-corrected chi connectivity index (χ4v) is 3.55. The second kappa shape index (κ2) is 10.1. The number of nitrogens with zero attached hydrogens (tertiary/aromatic N) is 2. The first-order chi connectivity index (χ1) is 14.1. The highest BCUT2D eigenvalue weighted by Crippen LogP contribution is 2.21. The van der Waals surface area contributed by atoms with Gasteiger partial charge in [0.1, 0.15) is 0 Å². The molecule has 3 aromatic rings. The van der Waals surface area contributed by atoms with Crippen molar-refractivity contribution in [2.45, 2.75) is 18.6 Å². The van der Waals surface area contributed by atoms with E-state index in [1.807, 2.05) is 35.0 Å². The van der Waals surface area contributed by atoms with Crippen molar-refractivity contribution in [1.29, 1.82) is 0 Å². The van der Waals surface area contributed by atoms with E-state index in [9.17, 15) is 9.59 Å². The number of nitrogens with one attached hydrogen (secondary N) is 1. The number of imidazole rings is 1. The summed E-state index contributed by atoms with van der Waals surface area (Å²) < 4.78 is 6.89. The summed E-state index contributed by atoms with van der Waals surface area (Å²) in [7, 11) is 0. The van der Waals surface area contributed by atoms with E-state index >= 15 is 0 Å². The Labute approximate surface area is 178 Å². The van der Waals surface area contributed by atoms with Gasteiger partial charge in [0.15, 0.2) is 5.16 Å². The van der Waals surface area contributed by atoms with Gasteiger partial charge in [0.05, 0.1) is 24.5 Å². The number of aromatic nitrogens is 2. The van der Waals surface area contributed by atoms with Crippen molar-refractivity contribution in [3.05, 3.63) is 77.1 Å². The topological polar surface area (TPSA) is 73.2 Å². The number of benzene rings is 2. The molecule has 1 aromatic heterocycles. The number of thioether (sulfide) groups is 1. The number of carbonyl (C=O) groups excluding carboxylic acids is 2. The Morgan fingerprint density at radius 1 is 1.17 bits per heavy atom. The molecule has 2 aromatic carbocycles. The Bertz CT molecular complexity index is 989. The van der Waals surface area contributed by atoms with Crippen LogP contribution in [0.1, 0.15) is 22.8 Å². The first-order valence-corrected chi connectivity index (χ1v) is 10.4. The van der Waals surface area contributed by atoms with E-state index in [2.05, 4.69) is 10.3 Å². The zero-order valence-corrected chi connectivity index (χ0v) is 17.4. The summed E-state index contributed by atoms with van der Waals surface area (Å²) in [5.41, 5.74) is 2.05. The van der Waals surface area contributed by atoms with Gasteiger partial charge in [-0.3, -0.25) is 4.79 Å². The Hall–Kier alpha value is -2.77. The Kier molecular flexibility index (Phi) is 7.32. The molecule has 8 heteroatoms. The fourth-order valence-electron chi connectivity index (χ4n) is 2.60. The maximum absolute atomic E-state index is 12.3.